The summed E-state index contributed by atoms with van der Waals surface area (Å²) in [6.45, 7) is 2.03. The van der Waals surface area contributed by atoms with E-state index in [1.807, 2.05) is 91.9 Å². The number of nitrogens with one attached hydrogen (secondary N) is 1. The lowest BCUT2D eigenvalue weighted by molar-refractivity contribution is -0.113. The van der Waals surface area contributed by atoms with Crippen molar-refractivity contribution in [3.63, 3.8) is 0 Å². The van der Waals surface area contributed by atoms with Crippen LogP contribution in [0.3, 0.4) is 0 Å². The Morgan fingerprint density at radius 1 is 1.00 bits per heavy atom. The lowest BCUT2D eigenvalue weighted by Crippen LogP contribution is -2.14. The average Bonchev–Trinajstić information content (AvgIpc) is 2.84. The number of hydrogen-bond acceptors (Lipinski definition) is 4. The van der Waals surface area contributed by atoms with Crippen LogP contribution < -0.4 is 5.32 Å². The minimum Gasteiger partial charge on any atom is -0.325 e. The number of nitriles is 1. The molecule has 0 unspecified atom stereocenters. The van der Waals surface area contributed by atoms with Gasteiger partial charge in [-0.1, -0.05) is 87.9 Å². The van der Waals surface area contributed by atoms with Crippen LogP contribution >= 0.6 is 27.7 Å². The Kier molecular flexibility index (Phi) is 7.23. The maximum Gasteiger partial charge on any atom is 0.234 e. The van der Waals surface area contributed by atoms with Gasteiger partial charge in [0.1, 0.15) is 11.1 Å². The Morgan fingerprint density at radius 2 is 1.70 bits per heavy atom. The normalized spacial score (nSPS) is 10.5. The third-order valence-electron chi connectivity index (χ3n) is 5.00. The number of thioether (sulfide) groups is 1. The van der Waals surface area contributed by atoms with E-state index in [9.17, 15) is 10.1 Å². The SMILES string of the molecule is Cc1ccc(-c2cc(-c3ccccc3)nc(SCC(=O)Nc3ccc(Br)cc3)c2C#N)cc1. The summed E-state index contributed by atoms with van der Waals surface area (Å²) in [7, 11) is 0. The maximum absolute atomic E-state index is 12.6. The van der Waals surface area contributed by atoms with Crippen molar-refractivity contribution >= 4 is 39.3 Å². The van der Waals surface area contributed by atoms with Crippen molar-refractivity contribution in [2.45, 2.75) is 11.9 Å². The highest BCUT2D eigenvalue weighted by Gasteiger charge is 2.17. The molecule has 0 fully saturated rings. The molecule has 1 N–H and O–H groups in total. The minimum absolute atomic E-state index is 0.142. The predicted octanol–water partition coefficient (Wildman–Crippen LogP) is 7.09. The number of pyridine rings is 1. The van der Waals surface area contributed by atoms with E-state index >= 15 is 0 Å². The predicted molar refractivity (Wildman–Crippen MR) is 138 cm³/mol. The highest BCUT2D eigenvalue weighted by molar-refractivity contribution is 9.10. The molecule has 4 nitrogen and oxygen atoms in total. The molecule has 0 atom stereocenters. The zero-order chi connectivity index (χ0) is 23.2. The number of nitrogens with zero attached hydrogens (tertiary/aromatic N) is 2. The minimum atomic E-state index is -0.157. The van der Waals surface area contributed by atoms with Gasteiger partial charge in [-0.3, -0.25) is 4.79 Å². The number of carbonyl (C=O) groups is 1. The third kappa shape index (κ3) is 5.70. The summed E-state index contributed by atoms with van der Waals surface area (Å²) >= 11 is 4.66. The number of hydrogen-bond donors (Lipinski definition) is 1. The van der Waals surface area contributed by atoms with Crippen molar-refractivity contribution < 1.29 is 4.79 Å². The summed E-state index contributed by atoms with van der Waals surface area (Å²) in [4.78, 5) is 17.3. The molecule has 162 valence electrons. The molecule has 1 aromatic heterocycles. The zero-order valence-corrected chi connectivity index (χ0v) is 20.3. The van der Waals surface area contributed by atoms with Crippen LogP contribution in [0.1, 0.15) is 11.1 Å². The Morgan fingerprint density at radius 3 is 2.36 bits per heavy atom. The fourth-order valence-electron chi connectivity index (χ4n) is 3.32. The van der Waals surface area contributed by atoms with Crippen molar-refractivity contribution in [3.05, 3.63) is 101 Å². The fourth-order valence-corrected chi connectivity index (χ4v) is 4.38. The fraction of sp³-hybridized carbons (Fsp3) is 0.0741. The lowest BCUT2D eigenvalue weighted by Gasteiger charge is -2.13. The van der Waals surface area contributed by atoms with Crippen molar-refractivity contribution in [1.29, 1.82) is 5.26 Å². The molecular formula is C27H20BrN3OS. The largest absolute Gasteiger partial charge is 0.325 e. The summed E-state index contributed by atoms with van der Waals surface area (Å²) in [5, 5.41) is 13.4. The number of anilines is 1. The molecule has 0 saturated heterocycles. The van der Waals surface area contributed by atoms with Gasteiger partial charge in [0.2, 0.25) is 5.91 Å². The summed E-state index contributed by atoms with van der Waals surface area (Å²) in [5.74, 6) is -0.0152. The Hall–Kier alpha value is -3.40. The summed E-state index contributed by atoms with van der Waals surface area (Å²) in [5.41, 5.74) is 5.81. The van der Waals surface area contributed by atoms with Crippen LogP contribution in [0.5, 0.6) is 0 Å². The molecule has 0 radical (unpaired) electrons. The van der Waals surface area contributed by atoms with Crippen LogP contribution in [0.4, 0.5) is 5.69 Å². The van der Waals surface area contributed by atoms with Gasteiger partial charge in [0.05, 0.1) is 17.0 Å². The molecule has 3 aromatic carbocycles. The first-order valence-corrected chi connectivity index (χ1v) is 12.1. The third-order valence-corrected chi connectivity index (χ3v) is 6.50. The topological polar surface area (TPSA) is 65.8 Å². The van der Waals surface area contributed by atoms with E-state index in [-0.39, 0.29) is 11.7 Å². The quantitative estimate of drug-likeness (QED) is 0.279. The van der Waals surface area contributed by atoms with Crippen molar-refractivity contribution in [2.75, 3.05) is 11.1 Å². The van der Waals surface area contributed by atoms with Gasteiger partial charge < -0.3 is 5.32 Å². The van der Waals surface area contributed by atoms with Crippen LogP contribution in [0, 0.1) is 18.3 Å². The van der Waals surface area contributed by atoms with Crippen LogP contribution in [0.15, 0.2) is 94.4 Å². The number of aromatic nitrogens is 1. The van der Waals surface area contributed by atoms with E-state index < -0.39 is 0 Å². The van der Waals surface area contributed by atoms with Gasteiger partial charge in [-0.15, -0.1) is 0 Å². The number of carbonyl (C=O) groups excluding carboxylic acids is 1. The van der Waals surface area contributed by atoms with Gasteiger partial charge in [-0.05, 0) is 42.8 Å². The Bertz CT molecular complexity index is 1310. The van der Waals surface area contributed by atoms with Gasteiger partial charge in [0, 0.05) is 21.3 Å². The second kappa shape index (κ2) is 10.5. The molecular weight excluding hydrogens is 494 g/mol. The first-order valence-electron chi connectivity index (χ1n) is 10.3. The molecule has 1 amide bonds. The van der Waals surface area contributed by atoms with E-state index in [1.165, 1.54) is 11.8 Å². The van der Waals surface area contributed by atoms with Crippen molar-refractivity contribution in [3.8, 4) is 28.5 Å². The number of halogens is 1. The highest BCUT2D eigenvalue weighted by Crippen LogP contribution is 2.34. The van der Waals surface area contributed by atoms with E-state index in [0.29, 0.717) is 10.6 Å². The number of rotatable bonds is 6. The molecule has 0 aliphatic carbocycles. The number of amides is 1. The molecule has 0 bridgehead atoms. The van der Waals surface area contributed by atoms with Crippen LogP contribution in [-0.4, -0.2) is 16.6 Å². The maximum atomic E-state index is 12.6. The van der Waals surface area contributed by atoms with E-state index in [0.717, 1.165) is 38.1 Å². The first kappa shape index (κ1) is 22.8. The van der Waals surface area contributed by atoms with E-state index in [1.54, 1.807) is 0 Å². The summed E-state index contributed by atoms with van der Waals surface area (Å²) < 4.78 is 0.944. The van der Waals surface area contributed by atoms with Gasteiger partial charge in [0.15, 0.2) is 0 Å². The van der Waals surface area contributed by atoms with Crippen LogP contribution in [0.2, 0.25) is 0 Å². The average molecular weight is 514 g/mol. The van der Waals surface area contributed by atoms with E-state index in [4.69, 9.17) is 4.98 Å². The molecule has 1 heterocycles. The molecule has 0 saturated carbocycles. The van der Waals surface area contributed by atoms with Crippen LogP contribution in [-0.2, 0) is 4.79 Å². The Balaban J connectivity index is 1.67. The lowest BCUT2D eigenvalue weighted by atomic mass is 9.98. The van der Waals surface area contributed by atoms with Crippen molar-refractivity contribution in [1.82, 2.24) is 4.98 Å². The van der Waals surface area contributed by atoms with Gasteiger partial charge in [0.25, 0.3) is 0 Å². The second-order valence-corrected chi connectivity index (χ2v) is 9.30. The highest BCUT2D eigenvalue weighted by atomic mass is 79.9. The zero-order valence-electron chi connectivity index (χ0n) is 17.9. The molecule has 4 rings (SSSR count). The number of aryl methyl sites for hydroxylation is 1. The van der Waals surface area contributed by atoms with Gasteiger partial charge >= 0.3 is 0 Å². The molecule has 0 aliphatic heterocycles. The number of benzene rings is 3. The molecule has 0 aliphatic rings. The second-order valence-electron chi connectivity index (χ2n) is 7.42. The molecule has 0 spiro atoms. The van der Waals surface area contributed by atoms with Gasteiger partial charge in [-0.25, -0.2) is 4.98 Å². The smallest absolute Gasteiger partial charge is 0.234 e. The monoisotopic (exact) mass is 513 g/mol. The van der Waals surface area contributed by atoms with E-state index in [2.05, 4.69) is 27.3 Å². The Labute approximate surface area is 205 Å². The first-order chi connectivity index (χ1) is 16.0. The molecule has 33 heavy (non-hydrogen) atoms. The van der Waals surface area contributed by atoms with Gasteiger partial charge in [-0.2, -0.15) is 5.26 Å². The van der Waals surface area contributed by atoms with Crippen molar-refractivity contribution in [2.24, 2.45) is 0 Å². The summed E-state index contributed by atoms with van der Waals surface area (Å²) in [6.07, 6.45) is 0. The molecule has 4 aromatic rings. The van der Waals surface area contributed by atoms with Crippen LogP contribution in [0.25, 0.3) is 22.4 Å². The summed E-state index contributed by atoms with van der Waals surface area (Å²) in [6, 6.07) is 29.6. The standard InChI is InChI=1S/C27H20BrN3OS/c1-18-7-9-19(10-8-18)23-15-25(20-5-3-2-4-6-20)31-27(24(23)16-29)33-17-26(32)30-22-13-11-21(28)12-14-22/h2-15H,17H2,1H3,(H,30,32). The molecule has 6 heteroatoms.